The van der Waals surface area contributed by atoms with Crippen LogP contribution in [0.3, 0.4) is 0 Å². The number of ether oxygens (including phenoxy) is 2. The number of carboxylic acid groups (broad SMARTS) is 1. The van der Waals surface area contributed by atoms with E-state index in [1.54, 1.807) is 25.4 Å². The normalized spacial score (nSPS) is 13.0. The van der Waals surface area contributed by atoms with E-state index in [1.807, 2.05) is 48.7 Å². The van der Waals surface area contributed by atoms with Gasteiger partial charge in [0, 0.05) is 36.4 Å². The van der Waals surface area contributed by atoms with Crippen LogP contribution in [-0.2, 0) is 6.54 Å². The molecule has 1 heterocycles. The number of hydrogen-bond donors (Lipinski definition) is 1. The van der Waals surface area contributed by atoms with Crippen LogP contribution in [0.4, 0.5) is 11.4 Å². The van der Waals surface area contributed by atoms with Crippen LogP contribution in [0.2, 0.25) is 0 Å². The number of anilines is 2. The monoisotopic (exact) mass is 390 g/mol. The Kier molecular flexibility index (Phi) is 5.33. The first-order valence-corrected chi connectivity index (χ1v) is 9.48. The lowest BCUT2D eigenvalue weighted by atomic mass is 10.1. The smallest absolute Gasteiger partial charge is 0.335 e. The van der Waals surface area contributed by atoms with Crippen LogP contribution in [-0.4, -0.2) is 29.3 Å². The zero-order valence-electron chi connectivity index (χ0n) is 16.1. The molecule has 29 heavy (non-hydrogen) atoms. The van der Waals surface area contributed by atoms with Crippen LogP contribution in [0.15, 0.2) is 67.0 Å². The predicted octanol–water partition coefficient (Wildman–Crippen LogP) is 4.67. The number of carboxylic acids is 1. The Balaban J connectivity index is 1.72. The molecule has 148 valence electrons. The summed E-state index contributed by atoms with van der Waals surface area (Å²) in [6.07, 6.45) is 5.93. The molecule has 2 aromatic carbocycles. The van der Waals surface area contributed by atoms with Crippen molar-refractivity contribution in [2.24, 2.45) is 0 Å². The van der Waals surface area contributed by atoms with Crippen molar-refractivity contribution in [1.82, 2.24) is 4.98 Å². The van der Waals surface area contributed by atoms with E-state index >= 15 is 0 Å². The minimum absolute atomic E-state index is 0.251. The van der Waals surface area contributed by atoms with Crippen LogP contribution >= 0.6 is 0 Å². The first-order chi connectivity index (χ1) is 14.1. The molecule has 0 amide bonds. The van der Waals surface area contributed by atoms with Gasteiger partial charge < -0.3 is 19.5 Å². The van der Waals surface area contributed by atoms with E-state index in [0.717, 1.165) is 29.8 Å². The van der Waals surface area contributed by atoms with Gasteiger partial charge in [0.25, 0.3) is 0 Å². The van der Waals surface area contributed by atoms with E-state index in [4.69, 9.17) is 9.47 Å². The molecule has 6 heteroatoms. The van der Waals surface area contributed by atoms with Gasteiger partial charge in [-0.3, -0.25) is 4.98 Å². The summed E-state index contributed by atoms with van der Waals surface area (Å²) in [4.78, 5) is 17.5. The number of methoxy groups -OCH3 is 1. The second kappa shape index (κ2) is 8.22. The highest BCUT2D eigenvalue weighted by atomic mass is 16.5. The van der Waals surface area contributed by atoms with Crippen LogP contribution < -0.4 is 14.4 Å². The lowest BCUT2D eigenvalue weighted by molar-refractivity contribution is 0.0697. The Morgan fingerprint density at radius 2 is 1.86 bits per heavy atom. The largest absolute Gasteiger partial charge is 0.493 e. The van der Waals surface area contributed by atoms with Crippen molar-refractivity contribution in [3.63, 3.8) is 0 Å². The molecule has 1 aromatic heterocycles. The highest BCUT2D eigenvalue weighted by Gasteiger charge is 2.25. The molecule has 0 radical (unpaired) electrons. The van der Waals surface area contributed by atoms with Crippen LogP contribution in [0.5, 0.6) is 11.5 Å². The lowest BCUT2D eigenvalue weighted by Crippen LogP contribution is -2.17. The molecular formula is C23H22N2O4. The van der Waals surface area contributed by atoms with E-state index in [0.29, 0.717) is 18.0 Å². The lowest BCUT2D eigenvalue weighted by Gasteiger charge is -2.26. The fourth-order valence-corrected chi connectivity index (χ4v) is 3.08. The Morgan fingerprint density at radius 1 is 1.10 bits per heavy atom. The van der Waals surface area contributed by atoms with Crippen LogP contribution in [0.1, 0.15) is 28.8 Å². The van der Waals surface area contributed by atoms with Crippen molar-refractivity contribution in [2.45, 2.75) is 25.5 Å². The molecule has 4 rings (SSSR count). The van der Waals surface area contributed by atoms with Crippen molar-refractivity contribution >= 4 is 17.3 Å². The number of hydrogen-bond acceptors (Lipinski definition) is 5. The minimum Gasteiger partial charge on any atom is -0.493 e. The maximum absolute atomic E-state index is 11.2. The van der Waals surface area contributed by atoms with Crippen molar-refractivity contribution < 1.29 is 19.4 Å². The summed E-state index contributed by atoms with van der Waals surface area (Å²) >= 11 is 0. The molecule has 3 aromatic rings. The summed E-state index contributed by atoms with van der Waals surface area (Å²) in [6, 6.07) is 16.6. The third kappa shape index (κ3) is 4.48. The van der Waals surface area contributed by atoms with E-state index < -0.39 is 5.97 Å². The minimum atomic E-state index is -0.945. The molecule has 6 nitrogen and oxygen atoms in total. The fourth-order valence-electron chi connectivity index (χ4n) is 3.08. The molecule has 0 spiro atoms. The SMILES string of the molecule is COc1ccc(N(Cc2cccnc2)c2ccc(C(=O)O)cc2)cc1OC1CC1. The van der Waals surface area contributed by atoms with Gasteiger partial charge in [-0.25, -0.2) is 4.79 Å². The fraction of sp³-hybridized carbons (Fsp3) is 0.217. The topological polar surface area (TPSA) is 71.9 Å². The van der Waals surface area contributed by atoms with Crippen molar-refractivity contribution in [2.75, 3.05) is 12.0 Å². The predicted molar refractivity (Wildman–Crippen MR) is 110 cm³/mol. The molecule has 1 N–H and O–H groups in total. The average molecular weight is 390 g/mol. The van der Waals surface area contributed by atoms with E-state index in [9.17, 15) is 9.90 Å². The molecule has 1 aliphatic rings. The molecule has 0 aliphatic heterocycles. The van der Waals surface area contributed by atoms with Crippen molar-refractivity contribution in [3.8, 4) is 11.5 Å². The van der Waals surface area contributed by atoms with Gasteiger partial charge in [0.1, 0.15) is 0 Å². The highest BCUT2D eigenvalue weighted by molar-refractivity contribution is 5.88. The number of rotatable bonds is 8. The standard InChI is InChI=1S/C23H22N2O4/c1-28-21-11-8-19(13-22(21)29-20-9-10-20)25(15-16-3-2-12-24-14-16)18-6-4-17(5-7-18)23(26)27/h2-8,11-14,20H,9-10,15H2,1H3,(H,26,27). The maximum Gasteiger partial charge on any atom is 0.335 e. The van der Waals surface area contributed by atoms with E-state index in [1.165, 1.54) is 0 Å². The van der Waals surface area contributed by atoms with Gasteiger partial charge >= 0.3 is 5.97 Å². The third-order valence-electron chi connectivity index (χ3n) is 4.77. The Hall–Kier alpha value is -3.54. The zero-order valence-corrected chi connectivity index (χ0v) is 16.1. The molecule has 0 atom stereocenters. The van der Waals surface area contributed by atoms with Gasteiger partial charge in [0.2, 0.25) is 0 Å². The number of benzene rings is 2. The number of pyridine rings is 1. The summed E-state index contributed by atoms with van der Waals surface area (Å²) in [5.41, 5.74) is 3.09. The number of nitrogens with zero attached hydrogens (tertiary/aromatic N) is 2. The summed E-state index contributed by atoms with van der Waals surface area (Å²) in [6.45, 7) is 0.579. The summed E-state index contributed by atoms with van der Waals surface area (Å²) in [5.74, 6) is 0.467. The maximum atomic E-state index is 11.2. The molecule has 0 unspecified atom stereocenters. The van der Waals surface area contributed by atoms with Crippen molar-refractivity contribution in [3.05, 3.63) is 78.1 Å². The number of aromatic nitrogens is 1. The van der Waals surface area contributed by atoms with E-state index in [2.05, 4.69) is 9.88 Å². The highest BCUT2D eigenvalue weighted by Crippen LogP contribution is 2.38. The van der Waals surface area contributed by atoms with Gasteiger partial charge in [0.15, 0.2) is 11.5 Å². The van der Waals surface area contributed by atoms with Crippen molar-refractivity contribution in [1.29, 1.82) is 0 Å². The zero-order chi connectivity index (χ0) is 20.2. The average Bonchev–Trinajstić information content (AvgIpc) is 3.57. The summed E-state index contributed by atoms with van der Waals surface area (Å²) in [7, 11) is 1.63. The quantitative estimate of drug-likeness (QED) is 0.603. The first-order valence-electron chi connectivity index (χ1n) is 9.48. The summed E-state index contributed by atoms with van der Waals surface area (Å²) in [5, 5.41) is 9.20. The van der Waals surface area contributed by atoms with Gasteiger partial charge in [-0.2, -0.15) is 0 Å². The first kappa shape index (κ1) is 18.8. The second-order valence-corrected chi connectivity index (χ2v) is 6.95. The number of aromatic carboxylic acids is 1. The number of carbonyl (C=O) groups is 1. The van der Waals surface area contributed by atoms with E-state index in [-0.39, 0.29) is 11.7 Å². The molecular weight excluding hydrogens is 368 g/mol. The van der Waals surface area contributed by atoms with Gasteiger partial charge in [-0.15, -0.1) is 0 Å². The van der Waals surface area contributed by atoms with Gasteiger partial charge in [-0.05, 0) is 60.9 Å². The third-order valence-corrected chi connectivity index (χ3v) is 4.77. The molecule has 1 fully saturated rings. The molecule has 0 saturated heterocycles. The summed E-state index contributed by atoms with van der Waals surface area (Å²) < 4.78 is 11.5. The molecule has 1 aliphatic carbocycles. The van der Waals surface area contributed by atoms with Crippen LogP contribution in [0.25, 0.3) is 0 Å². The van der Waals surface area contributed by atoms with Crippen LogP contribution in [0, 0.1) is 0 Å². The molecule has 0 bridgehead atoms. The Labute approximate surface area is 169 Å². The second-order valence-electron chi connectivity index (χ2n) is 6.95. The Morgan fingerprint density at radius 3 is 2.48 bits per heavy atom. The Bertz CT molecular complexity index is 986. The van der Waals surface area contributed by atoms with Gasteiger partial charge in [0.05, 0.1) is 18.8 Å². The van der Waals surface area contributed by atoms with Gasteiger partial charge in [-0.1, -0.05) is 6.07 Å². The molecule has 1 saturated carbocycles.